The van der Waals surface area contributed by atoms with Crippen molar-refractivity contribution in [3.8, 4) is 5.75 Å². The summed E-state index contributed by atoms with van der Waals surface area (Å²) in [5.74, 6) is 0.696. The van der Waals surface area contributed by atoms with Gasteiger partial charge >= 0.3 is 0 Å². The molecule has 2 fully saturated rings. The molecule has 0 bridgehead atoms. The summed E-state index contributed by atoms with van der Waals surface area (Å²) in [6, 6.07) is 6.99. The largest absolute Gasteiger partial charge is 0.490 e. The normalized spacial score (nSPS) is 21.8. The number of benzene rings is 1. The van der Waals surface area contributed by atoms with Gasteiger partial charge in [-0.2, -0.15) is 8.78 Å². The number of nitrogens with one attached hydrogen (secondary N) is 1. The van der Waals surface area contributed by atoms with Crippen LogP contribution in [-0.2, 0) is 0 Å². The fraction of sp³-hybridized carbons (Fsp3) is 0.571. The van der Waals surface area contributed by atoms with E-state index in [0.717, 1.165) is 32.9 Å². The van der Waals surface area contributed by atoms with Crippen LogP contribution in [0, 0.1) is 5.41 Å². The van der Waals surface area contributed by atoms with Gasteiger partial charge in [0.05, 0.1) is 6.10 Å². The number of alkyl halides is 2. The predicted octanol–water partition coefficient (Wildman–Crippen LogP) is 3.52. The van der Waals surface area contributed by atoms with E-state index < -0.39 is 5.25 Å². The monoisotopic (exact) mass is 285 g/mol. The standard InChI is InChI=1S/C14H17F2NOS/c1-13(15,16)19-12-4-2-3-10(5-12)18-11-6-14(7-11)8-17-9-14/h2-5,11,17H,6-9H2,1H3. The molecule has 0 amide bonds. The third-order valence-electron chi connectivity index (χ3n) is 3.73. The van der Waals surface area contributed by atoms with Gasteiger partial charge in [0.15, 0.2) is 0 Å². The van der Waals surface area contributed by atoms with Crippen LogP contribution >= 0.6 is 11.8 Å². The molecular formula is C14H17F2NOS. The van der Waals surface area contributed by atoms with E-state index in [-0.39, 0.29) is 6.10 Å². The zero-order valence-corrected chi connectivity index (χ0v) is 11.6. The molecule has 19 heavy (non-hydrogen) atoms. The van der Waals surface area contributed by atoms with Gasteiger partial charge < -0.3 is 10.1 Å². The Bertz CT molecular complexity index is 463. The lowest BCUT2D eigenvalue weighted by Crippen LogP contribution is -2.62. The van der Waals surface area contributed by atoms with Crippen LogP contribution in [0.1, 0.15) is 19.8 Å². The minimum atomic E-state index is -2.75. The smallest absolute Gasteiger partial charge is 0.295 e. The van der Waals surface area contributed by atoms with Gasteiger partial charge in [-0.25, -0.2) is 0 Å². The predicted molar refractivity (Wildman–Crippen MR) is 71.9 cm³/mol. The SMILES string of the molecule is CC(F)(F)Sc1cccc(OC2CC3(CNC3)C2)c1. The molecule has 1 N–H and O–H groups in total. The second-order valence-corrected chi connectivity index (χ2v) is 7.03. The number of rotatable bonds is 4. The summed E-state index contributed by atoms with van der Waals surface area (Å²) in [6.07, 6.45) is 2.38. The minimum Gasteiger partial charge on any atom is -0.490 e. The van der Waals surface area contributed by atoms with Crippen LogP contribution in [0.25, 0.3) is 0 Å². The van der Waals surface area contributed by atoms with Crippen LogP contribution < -0.4 is 10.1 Å². The summed E-state index contributed by atoms with van der Waals surface area (Å²) in [7, 11) is 0. The summed E-state index contributed by atoms with van der Waals surface area (Å²) >= 11 is 0.560. The summed E-state index contributed by atoms with van der Waals surface area (Å²) in [5, 5.41) is 0.528. The maximum Gasteiger partial charge on any atom is 0.295 e. The zero-order valence-electron chi connectivity index (χ0n) is 10.8. The topological polar surface area (TPSA) is 21.3 Å². The average molecular weight is 285 g/mol. The maximum absolute atomic E-state index is 12.9. The number of thioether (sulfide) groups is 1. The molecule has 5 heteroatoms. The van der Waals surface area contributed by atoms with Crippen molar-refractivity contribution in [3.05, 3.63) is 24.3 Å². The molecule has 2 nitrogen and oxygen atoms in total. The van der Waals surface area contributed by atoms with Gasteiger partial charge in [0, 0.05) is 30.3 Å². The molecule has 0 unspecified atom stereocenters. The van der Waals surface area contributed by atoms with Gasteiger partial charge in [-0.1, -0.05) is 17.8 Å². The van der Waals surface area contributed by atoms with Crippen molar-refractivity contribution in [2.75, 3.05) is 13.1 Å². The number of halogens is 2. The Labute approximate surface area is 115 Å². The molecule has 1 aliphatic carbocycles. The lowest BCUT2D eigenvalue weighted by Gasteiger charge is -2.53. The van der Waals surface area contributed by atoms with Crippen LogP contribution in [0.5, 0.6) is 5.75 Å². The van der Waals surface area contributed by atoms with E-state index in [1.807, 2.05) is 6.07 Å². The Morgan fingerprint density at radius 1 is 1.37 bits per heavy atom. The van der Waals surface area contributed by atoms with Crippen molar-refractivity contribution in [2.45, 2.75) is 36.0 Å². The fourth-order valence-corrected chi connectivity index (χ4v) is 3.50. The first-order valence-electron chi connectivity index (χ1n) is 6.49. The molecule has 1 aromatic carbocycles. The van der Waals surface area contributed by atoms with Crippen molar-refractivity contribution in [3.63, 3.8) is 0 Å². The number of hydrogen-bond donors (Lipinski definition) is 1. The van der Waals surface area contributed by atoms with Crippen molar-refractivity contribution in [2.24, 2.45) is 5.41 Å². The lowest BCUT2D eigenvalue weighted by molar-refractivity contribution is -0.0496. The first kappa shape index (κ1) is 13.2. The van der Waals surface area contributed by atoms with E-state index in [4.69, 9.17) is 4.74 Å². The lowest BCUT2D eigenvalue weighted by atomic mass is 9.63. The zero-order chi connectivity index (χ0) is 13.5. The van der Waals surface area contributed by atoms with Gasteiger partial charge in [-0.15, -0.1) is 0 Å². The van der Waals surface area contributed by atoms with E-state index in [1.165, 1.54) is 0 Å². The number of hydrogen-bond acceptors (Lipinski definition) is 3. The Kier molecular flexibility index (Phi) is 3.21. The first-order chi connectivity index (χ1) is 8.94. The van der Waals surface area contributed by atoms with Crippen LogP contribution in [0.2, 0.25) is 0 Å². The van der Waals surface area contributed by atoms with Crippen LogP contribution in [0.4, 0.5) is 8.78 Å². The van der Waals surface area contributed by atoms with Crippen molar-refractivity contribution < 1.29 is 13.5 Å². The highest BCUT2D eigenvalue weighted by molar-refractivity contribution is 8.00. The molecule has 1 saturated heterocycles. The molecular weight excluding hydrogens is 268 g/mol. The second kappa shape index (κ2) is 4.63. The summed E-state index contributed by atoms with van der Waals surface area (Å²) in [5.41, 5.74) is 0.466. The second-order valence-electron chi connectivity index (χ2n) is 5.64. The van der Waals surface area contributed by atoms with E-state index in [1.54, 1.807) is 18.2 Å². The third kappa shape index (κ3) is 3.03. The molecule has 1 heterocycles. The Balaban J connectivity index is 1.58. The fourth-order valence-electron chi connectivity index (χ4n) is 2.77. The van der Waals surface area contributed by atoms with Gasteiger partial charge in [0.1, 0.15) is 5.75 Å². The third-order valence-corrected chi connectivity index (χ3v) is 4.57. The van der Waals surface area contributed by atoms with Crippen LogP contribution in [0.15, 0.2) is 29.2 Å². The Morgan fingerprint density at radius 3 is 2.68 bits per heavy atom. The van der Waals surface area contributed by atoms with E-state index >= 15 is 0 Å². The van der Waals surface area contributed by atoms with E-state index in [2.05, 4.69) is 5.32 Å². The molecule has 1 aromatic rings. The Morgan fingerprint density at radius 2 is 2.11 bits per heavy atom. The molecule has 1 saturated carbocycles. The van der Waals surface area contributed by atoms with Crippen LogP contribution in [-0.4, -0.2) is 24.4 Å². The van der Waals surface area contributed by atoms with Gasteiger partial charge in [0.2, 0.25) is 0 Å². The molecule has 2 aliphatic rings. The van der Waals surface area contributed by atoms with Gasteiger partial charge in [0.25, 0.3) is 5.25 Å². The Hall–Kier alpha value is -0.810. The van der Waals surface area contributed by atoms with Gasteiger partial charge in [-0.3, -0.25) is 0 Å². The van der Waals surface area contributed by atoms with Crippen molar-refractivity contribution >= 4 is 11.8 Å². The highest BCUT2D eigenvalue weighted by atomic mass is 32.2. The number of ether oxygens (including phenoxy) is 1. The average Bonchev–Trinajstić information content (AvgIpc) is 2.18. The van der Waals surface area contributed by atoms with Gasteiger partial charge in [-0.05, 0) is 31.0 Å². The molecule has 0 radical (unpaired) electrons. The summed E-state index contributed by atoms with van der Waals surface area (Å²) in [4.78, 5) is 0.546. The molecule has 104 valence electrons. The highest BCUT2D eigenvalue weighted by Gasteiger charge is 2.49. The summed E-state index contributed by atoms with van der Waals surface area (Å²) in [6.45, 7) is 3.08. The minimum absolute atomic E-state index is 0.240. The van der Waals surface area contributed by atoms with Crippen LogP contribution in [0.3, 0.4) is 0 Å². The molecule has 0 aromatic heterocycles. The maximum atomic E-state index is 12.9. The van der Waals surface area contributed by atoms with E-state index in [0.29, 0.717) is 27.8 Å². The quantitative estimate of drug-likeness (QED) is 0.855. The molecule has 1 aliphatic heterocycles. The van der Waals surface area contributed by atoms with Crippen molar-refractivity contribution in [1.29, 1.82) is 0 Å². The molecule has 0 atom stereocenters. The van der Waals surface area contributed by atoms with Crippen molar-refractivity contribution in [1.82, 2.24) is 5.32 Å². The molecule has 1 spiro atoms. The van der Waals surface area contributed by atoms with E-state index in [9.17, 15) is 8.78 Å². The first-order valence-corrected chi connectivity index (χ1v) is 7.30. The highest BCUT2D eigenvalue weighted by Crippen LogP contribution is 2.46. The molecule has 3 rings (SSSR count). The summed E-state index contributed by atoms with van der Waals surface area (Å²) < 4.78 is 31.8.